The van der Waals surface area contributed by atoms with E-state index in [0.717, 1.165) is 10.4 Å². The molecule has 0 bridgehead atoms. The topological polar surface area (TPSA) is 108 Å². The van der Waals surface area contributed by atoms with E-state index in [1.165, 1.54) is 16.2 Å². The minimum atomic E-state index is -1.33. The number of benzene rings is 3. The zero-order chi connectivity index (χ0) is 28.8. The smallest absolute Gasteiger partial charge is 0.272 e. The standard InChI is InChI=1S/C32H28N4O4S/c1-21(33-28(38)19-24-15-10-18-41-24)31(39)35-30-32(40)36(20-27(37)22-11-4-2-5-12-22)26-17-9-8-16-25(26)29(34-30)23-13-6-3-7-14-23/h2-18,21,30H,19-20H2,1H3,(H,33,38)(H,35,39)/t21-,30?/m0/s1. The summed E-state index contributed by atoms with van der Waals surface area (Å²) in [7, 11) is 0. The van der Waals surface area contributed by atoms with Gasteiger partial charge in [0.1, 0.15) is 6.04 Å². The highest BCUT2D eigenvalue weighted by molar-refractivity contribution is 7.10. The Morgan fingerprint density at radius 2 is 1.59 bits per heavy atom. The van der Waals surface area contributed by atoms with E-state index < -0.39 is 24.0 Å². The van der Waals surface area contributed by atoms with Crippen LogP contribution in [-0.4, -0.2) is 48.0 Å². The summed E-state index contributed by atoms with van der Waals surface area (Å²) in [6.45, 7) is 1.31. The van der Waals surface area contributed by atoms with Crippen molar-refractivity contribution < 1.29 is 19.2 Å². The molecule has 2 N–H and O–H groups in total. The van der Waals surface area contributed by atoms with Crippen molar-refractivity contribution >= 4 is 46.2 Å². The maximum absolute atomic E-state index is 14.0. The molecule has 8 nitrogen and oxygen atoms in total. The van der Waals surface area contributed by atoms with Gasteiger partial charge in [-0.05, 0) is 24.4 Å². The van der Waals surface area contributed by atoms with E-state index in [1.54, 1.807) is 43.3 Å². The third kappa shape index (κ3) is 6.47. The monoisotopic (exact) mass is 564 g/mol. The van der Waals surface area contributed by atoms with Crippen molar-refractivity contribution in [2.45, 2.75) is 25.6 Å². The van der Waals surface area contributed by atoms with Crippen LogP contribution in [0.5, 0.6) is 0 Å². The Balaban J connectivity index is 1.46. The summed E-state index contributed by atoms with van der Waals surface area (Å²) in [5, 5.41) is 7.28. The van der Waals surface area contributed by atoms with Gasteiger partial charge in [-0.15, -0.1) is 11.3 Å². The molecule has 41 heavy (non-hydrogen) atoms. The number of nitrogens with zero attached hydrogens (tertiary/aromatic N) is 2. The van der Waals surface area contributed by atoms with Crippen molar-refractivity contribution in [1.29, 1.82) is 0 Å². The largest absolute Gasteiger partial charge is 0.344 e. The number of hydrogen-bond donors (Lipinski definition) is 2. The van der Waals surface area contributed by atoms with Gasteiger partial charge in [-0.2, -0.15) is 0 Å². The quantitative estimate of drug-likeness (QED) is 0.300. The van der Waals surface area contributed by atoms with Gasteiger partial charge in [0.05, 0.1) is 24.4 Å². The van der Waals surface area contributed by atoms with Crippen molar-refractivity contribution in [2.24, 2.45) is 4.99 Å². The second kappa shape index (κ2) is 12.5. The lowest BCUT2D eigenvalue weighted by Crippen LogP contribution is -2.53. The summed E-state index contributed by atoms with van der Waals surface area (Å²) in [5.74, 6) is -1.69. The molecule has 2 heterocycles. The molecule has 5 rings (SSSR count). The number of ketones is 1. The number of thiophene rings is 1. The SMILES string of the molecule is C[C@H](NC(=O)Cc1cccs1)C(=O)NC1N=C(c2ccccc2)c2ccccc2N(CC(=O)c2ccccc2)C1=O. The molecule has 0 radical (unpaired) electrons. The van der Waals surface area contributed by atoms with Crippen LogP contribution < -0.4 is 15.5 Å². The van der Waals surface area contributed by atoms with E-state index in [-0.39, 0.29) is 24.7 Å². The van der Waals surface area contributed by atoms with Crippen LogP contribution in [0.1, 0.15) is 33.3 Å². The number of anilines is 1. The summed E-state index contributed by atoms with van der Waals surface area (Å²) >= 11 is 1.46. The molecular formula is C32H28N4O4S. The second-order valence-corrected chi connectivity index (χ2v) is 10.6. The second-order valence-electron chi connectivity index (χ2n) is 9.53. The van der Waals surface area contributed by atoms with Crippen molar-refractivity contribution in [1.82, 2.24) is 10.6 Å². The van der Waals surface area contributed by atoms with E-state index in [9.17, 15) is 19.2 Å². The van der Waals surface area contributed by atoms with Crippen molar-refractivity contribution in [3.63, 3.8) is 0 Å². The minimum Gasteiger partial charge on any atom is -0.344 e. The van der Waals surface area contributed by atoms with Crippen LogP contribution in [0.2, 0.25) is 0 Å². The van der Waals surface area contributed by atoms with Gasteiger partial charge in [0.15, 0.2) is 5.78 Å². The van der Waals surface area contributed by atoms with Gasteiger partial charge < -0.3 is 15.5 Å². The summed E-state index contributed by atoms with van der Waals surface area (Å²) < 4.78 is 0. The molecule has 0 saturated heterocycles. The number of carbonyl (C=O) groups is 4. The molecule has 0 aliphatic carbocycles. The van der Waals surface area contributed by atoms with Crippen LogP contribution in [-0.2, 0) is 20.8 Å². The number of aliphatic imine (C=N–C) groups is 1. The summed E-state index contributed by atoms with van der Waals surface area (Å²) in [4.78, 5) is 60.0. The average Bonchev–Trinajstić information content (AvgIpc) is 3.47. The first kappa shape index (κ1) is 27.7. The van der Waals surface area contributed by atoms with E-state index in [1.807, 2.05) is 66.0 Å². The van der Waals surface area contributed by atoms with Gasteiger partial charge in [-0.1, -0.05) is 84.9 Å². The lowest BCUT2D eigenvalue weighted by molar-refractivity contribution is -0.130. The fourth-order valence-electron chi connectivity index (χ4n) is 4.56. The normalized spacial score (nSPS) is 15.2. The number of benzodiazepines with no additional fused rings is 1. The Morgan fingerprint density at radius 3 is 2.29 bits per heavy atom. The number of rotatable bonds is 9. The Hall–Kier alpha value is -4.89. The van der Waals surface area contributed by atoms with E-state index in [4.69, 9.17) is 4.99 Å². The van der Waals surface area contributed by atoms with Crippen LogP contribution in [0, 0.1) is 0 Å². The number of para-hydroxylation sites is 1. The van der Waals surface area contributed by atoms with Crippen LogP contribution >= 0.6 is 11.3 Å². The highest BCUT2D eigenvalue weighted by atomic mass is 32.1. The first-order valence-electron chi connectivity index (χ1n) is 13.1. The van der Waals surface area contributed by atoms with E-state index in [2.05, 4.69) is 10.6 Å². The first-order chi connectivity index (χ1) is 19.9. The van der Waals surface area contributed by atoms with Gasteiger partial charge in [-0.3, -0.25) is 19.2 Å². The van der Waals surface area contributed by atoms with Crippen molar-refractivity contribution in [3.05, 3.63) is 124 Å². The number of fused-ring (bicyclic) bond motifs is 1. The zero-order valence-electron chi connectivity index (χ0n) is 22.3. The van der Waals surface area contributed by atoms with Crippen LogP contribution in [0.25, 0.3) is 0 Å². The summed E-state index contributed by atoms with van der Waals surface area (Å²) in [6, 6.07) is 28.1. The number of amides is 3. The summed E-state index contributed by atoms with van der Waals surface area (Å²) in [6.07, 6.45) is -1.18. The number of Topliss-reactive ketones (excluding diaryl/α,β-unsaturated/α-hetero) is 1. The van der Waals surface area contributed by atoms with Gasteiger partial charge >= 0.3 is 0 Å². The summed E-state index contributed by atoms with van der Waals surface area (Å²) in [5.41, 5.74) is 2.89. The fraction of sp³-hybridized carbons (Fsp3) is 0.156. The fourth-order valence-corrected chi connectivity index (χ4v) is 5.26. The highest BCUT2D eigenvalue weighted by Crippen LogP contribution is 2.28. The van der Waals surface area contributed by atoms with Crippen LogP contribution in [0.3, 0.4) is 0 Å². The van der Waals surface area contributed by atoms with Gasteiger partial charge in [0, 0.05) is 21.6 Å². The Kier molecular flexibility index (Phi) is 8.45. The third-order valence-corrected chi connectivity index (χ3v) is 7.49. The molecule has 4 aromatic rings. The maximum atomic E-state index is 14.0. The average molecular weight is 565 g/mol. The highest BCUT2D eigenvalue weighted by Gasteiger charge is 2.35. The molecule has 1 aliphatic rings. The van der Waals surface area contributed by atoms with E-state index in [0.29, 0.717) is 22.5 Å². The molecule has 1 aromatic heterocycles. The van der Waals surface area contributed by atoms with Gasteiger partial charge in [0.2, 0.25) is 18.0 Å². The van der Waals surface area contributed by atoms with Gasteiger partial charge in [-0.25, -0.2) is 4.99 Å². The molecule has 2 atom stereocenters. The molecule has 206 valence electrons. The molecule has 1 unspecified atom stereocenters. The molecular weight excluding hydrogens is 536 g/mol. The molecule has 9 heteroatoms. The Labute approximate surface area is 241 Å². The predicted octanol–water partition coefficient (Wildman–Crippen LogP) is 4.00. The Morgan fingerprint density at radius 1 is 0.902 bits per heavy atom. The van der Waals surface area contributed by atoms with E-state index >= 15 is 0 Å². The van der Waals surface area contributed by atoms with Crippen molar-refractivity contribution in [3.8, 4) is 0 Å². The van der Waals surface area contributed by atoms with Crippen LogP contribution in [0.15, 0.2) is 107 Å². The number of nitrogens with one attached hydrogen (secondary N) is 2. The third-order valence-electron chi connectivity index (χ3n) is 6.62. The molecule has 0 saturated carbocycles. The molecule has 3 amide bonds. The lowest BCUT2D eigenvalue weighted by atomic mass is 10.00. The van der Waals surface area contributed by atoms with Crippen molar-refractivity contribution in [2.75, 3.05) is 11.4 Å². The molecule has 3 aromatic carbocycles. The Bertz CT molecular complexity index is 1590. The van der Waals surface area contributed by atoms with Gasteiger partial charge in [0.25, 0.3) is 5.91 Å². The lowest BCUT2D eigenvalue weighted by Gasteiger charge is -2.25. The maximum Gasteiger partial charge on any atom is 0.272 e. The molecule has 1 aliphatic heterocycles. The number of hydrogen-bond acceptors (Lipinski definition) is 6. The number of carbonyl (C=O) groups excluding carboxylic acids is 4. The van der Waals surface area contributed by atoms with Crippen LogP contribution in [0.4, 0.5) is 5.69 Å². The molecule has 0 spiro atoms. The first-order valence-corrected chi connectivity index (χ1v) is 14.0. The molecule has 0 fully saturated rings. The predicted molar refractivity (Wildman–Crippen MR) is 159 cm³/mol. The minimum absolute atomic E-state index is 0.151. The zero-order valence-corrected chi connectivity index (χ0v) is 23.1.